The maximum atomic E-state index is 11.8. The summed E-state index contributed by atoms with van der Waals surface area (Å²) in [6.45, 7) is 1.42. The van der Waals surface area contributed by atoms with E-state index < -0.39 is 0 Å². The molecule has 94 valence electrons. The van der Waals surface area contributed by atoms with Crippen molar-refractivity contribution in [1.29, 1.82) is 0 Å². The second-order valence-corrected chi connectivity index (χ2v) is 4.23. The molecule has 1 unspecified atom stereocenters. The monoisotopic (exact) mass is 246 g/mol. The third-order valence-electron chi connectivity index (χ3n) is 3.16. The Bertz CT molecular complexity index is 591. The molecule has 0 aliphatic carbocycles. The average molecular weight is 246 g/mol. The van der Waals surface area contributed by atoms with Crippen molar-refractivity contribution in [3.63, 3.8) is 0 Å². The van der Waals surface area contributed by atoms with Crippen molar-refractivity contribution >= 4 is 16.9 Å². The van der Waals surface area contributed by atoms with Gasteiger partial charge in [0.1, 0.15) is 17.4 Å². The number of amides is 1. The predicted molar refractivity (Wildman–Crippen MR) is 66.5 cm³/mol. The fourth-order valence-electron chi connectivity index (χ4n) is 2.23. The molecule has 1 aliphatic heterocycles. The second kappa shape index (κ2) is 4.34. The van der Waals surface area contributed by atoms with Crippen LogP contribution in [0.25, 0.3) is 11.0 Å². The lowest BCUT2D eigenvalue weighted by atomic mass is 10.0. The van der Waals surface area contributed by atoms with Crippen molar-refractivity contribution in [2.75, 3.05) is 20.2 Å². The minimum atomic E-state index is -0.355. The number of fused-ring (bicyclic) bond motifs is 1. The summed E-state index contributed by atoms with van der Waals surface area (Å²) in [4.78, 5) is 11.8. The number of nitrogens with one attached hydrogen (secondary N) is 2. The molecule has 1 saturated heterocycles. The van der Waals surface area contributed by atoms with Gasteiger partial charge in [-0.05, 0) is 18.2 Å². The van der Waals surface area contributed by atoms with E-state index in [1.54, 1.807) is 13.4 Å². The number of carbonyl (C=O) groups is 1. The van der Waals surface area contributed by atoms with Crippen LogP contribution < -0.4 is 15.4 Å². The Morgan fingerprint density at radius 1 is 1.39 bits per heavy atom. The van der Waals surface area contributed by atoms with Gasteiger partial charge < -0.3 is 19.8 Å². The first-order valence-electron chi connectivity index (χ1n) is 5.86. The van der Waals surface area contributed by atoms with Gasteiger partial charge in [-0.25, -0.2) is 0 Å². The molecular formula is C13H14N2O3. The lowest BCUT2D eigenvalue weighted by Gasteiger charge is -2.22. The summed E-state index contributed by atoms with van der Waals surface area (Å²) in [6, 6.07) is 5.22. The van der Waals surface area contributed by atoms with Crippen molar-refractivity contribution in [2.45, 2.75) is 6.04 Å². The maximum Gasteiger partial charge on any atom is 0.241 e. The summed E-state index contributed by atoms with van der Waals surface area (Å²) >= 11 is 0. The van der Waals surface area contributed by atoms with Crippen molar-refractivity contribution in [1.82, 2.24) is 10.6 Å². The highest BCUT2D eigenvalue weighted by Crippen LogP contribution is 2.30. The van der Waals surface area contributed by atoms with E-state index in [0.717, 1.165) is 28.8 Å². The summed E-state index contributed by atoms with van der Waals surface area (Å²) in [5, 5.41) is 6.93. The Balaban J connectivity index is 2.07. The normalized spacial score (nSPS) is 19.8. The summed E-state index contributed by atoms with van der Waals surface area (Å²) in [5.41, 5.74) is 1.60. The number of piperazine rings is 1. The zero-order chi connectivity index (χ0) is 12.5. The predicted octanol–water partition coefficient (Wildman–Crippen LogP) is 1.20. The summed E-state index contributed by atoms with van der Waals surface area (Å²) < 4.78 is 10.7. The Morgan fingerprint density at radius 3 is 3.06 bits per heavy atom. The van der Waals surface area contributed by atoms with Gasteiger partial charge in [0.15, 0.2) is 0 Å². The molecule has 0 radical (unpaired) electrons. The molecule has 0 spiro atoms. The highest BCUT2D eigenvalue weighted by Gasteiger charge is 2.26. The molecule has 0 saturated carbocycles. The molecule has 1 aliphatic rings. The van der Waals surface area contributed by atoms with E-state index in [9.17, 15) is 4.79 Å². The van der Waals surface area contributed by atoms with Crippen LogP contribution in [0.2, 0.25) is 0 Å². The molecule has 2 aromatic rings. The summed E-state index contributed by atoms with van der Waals surface area (Å²) in [7, 11) is 1.62. The minimum Gasteiger partial charge on any atom is -0.497 e. The van der Waals surface area contributed by atoms with Crippen molar-refractivity contribution < 1.29 is 13.9 Å². The molecular weight excluding hydrogens is 232 g/mol. The zero-order valence-electron chi connectivity index (χ0n) is 10.0. The van der Waals surface area contributed by atoms with Gasteiger partial charge in [-0.1, -0.05) is 0 Å². The maximum absolute atomic E-state index is 11.8. The lowest BCUT2D eigenvalue weighted by Crippen LogP contribution is -2.47. The molecule has 5 nitrogen and oxygen atoms in total. The van der Waals surface area contributed by atoms with Crippen LogP contribution in [0.3, 0.4) is 0 Å². The Labute approximate surface area is 104 Å². The number of rotatable bonds is 2. The van der Waals surface area contributed by atoms with Crippen LogP contribution in [0.15, 0.2) is 28.9 Å². The van der Waals surface area contributed by atoms with E-state index in [1.165, 1.54) is 0 Å². The molecule has 1 atom stereocenters. The smallest absolute Gasteiger partial charge is 0.241 e. The number of furan rings is 1. The first-order chi connectivity index (χ1) is 8.79. The molecule has 2 heterocycles. The van der Waals surface area contributed by atoms with Crippen LogP contribution in [0.5, 0.6) is 5.75 Å². The highest BCUT2D eigenvalue weighted by atomic mass is 16.5. The van der Waals surface area contributed by atoms with Gasteiger partial charge in [-0.3, -0.25) is 4.79 Å². The first-order valence-corrected chi connectivity index (χ1v) is 5.86. The number of hydrogen-bond acceptors (Lipinski definition) is 4. The Kier molecular flexibility index (Phi) is 2.68. The summed E-state index contributed by atoms with van der Waals surface area (Å²) in [6.07, 6.45) is 1.63. The number of methoxy groups -OCH3 is 1. The lowest BCUT2D eigenvalue weighted by molar-refractivity contribution is -0.124. The third-order valence-corrected chi connectivity index (χ3v) is 3.16. The van der Waals surface area contributed by atoms with E-state index >= 15 is 0 Å². The summed E-state index contributed by atoms with van der Waals surface area (Å²) in [5.74, 6) is 0.730. The molecule has 5 heteroatoms. The van der Waals surface area contributed by atoms with Crippen LogP contribution in [-0.4, -0.2) is 26.1 Å². The number of ether oxygens (including phenoxy) is 1. The molecule has 1 aromatic heterocycles. The van der Waals surface area contributed by atoms with Gasteiger partial charge in [0, 0.05) is 24.0 Å². The van der Waals surface area contributed by atoms with E-state index in [2.05, 4.69) is 10.6 Å². The van der Waals surface area contributed by atoms with Crippen molar-refractivity contribution in [3.8, 4) is 5.75 Å². The number of hydrogen-bond donors (Lipinski definition) is 2. The van der Waals surface area contributed by atoms with Crippen molar-refractivity contribution in [2.24, 2.45) is 0 Å². The molecule has 0 bridgehead atoms. The van der Waals surface area contributed by atoms with Gasteiger partial charge in [-0.15, -0.1) is 0 Å². The van der Waals surface area contributed by atoms with Crippen LogP contribution in [0.1, 0.15) is 11.6 Å². The van der Waals surface area contributed by atoms with Gasteiger partial charge in [0.25, 0.3) is 0 Å². The fraction of sp³-hybridized carbons (Fsp3) is 0.308. The van der Waals surface area contributed by atoms with E-state index in [-0.39, 0.29) is 11.9 Å². The highest BCUT2D eigenvalue weighted by molar-refractivity contribution is 5.91. The van der Waals surface area contributed by atoms with Crippen molar-refractivity contribution in [3.05, 3.63) is 30.0 Å². The molecule has 18 heavy (non-hydrogen) atoms. The molecule has 1 amide bonds. The van der Waals surface area contributed by atoms with E-state index in [4.69, 9.17) is 9.15 Å². The van der Waals surface area contributed by atoms with Gasteiger partial charge in [0.2, 0.25) is 5.91 Å². The topological polar surface area (TPSA) is 63.5 Å². The standard InChI is InChI=1S/C13H14N2O3/c1-17-8-2-3-11-9(6-8)10(7-18-11)12-13(16)15-5-4-14-12/h2-3,6-7,12,14H,4-5H2,1H3,(H,15,16). The average Bonchev–Trinajstić information content (AvgIpc) is 2.82. The molecule has 1 aromatic carbocycles. The fourth-order valence-corrected chi connectivity index (χ4v) is 2.23. The van der Waals surface area contributed by atoms with Gasteiger partial charge >= 0.3 is 0 Å². The van der Waals surface area contributed by atoms with E-state index in [1.807, 2.05) is 18.2 Å². The largest absolute Gasteiger partial charge is 0.497 e. The molecule has 2 N–H and O–H groups in total. The third kappa shape index (κ3) is 1.73. The Hall–Kier alpha value is -2.01. The van der Waals surface area contributed by atoms with Crippen LogP contribution in [0, 0.1) is 0 Å². The first kappa shape index (κ1) is 11.1. The molecule has 3 rings (SSSR count). The van der Waals surface area contributed by atoms with Gasteiger partial charge in [-0.2, -0.15) is 0 Å². The number of benzene rings is 1. The second-order valence-electron chi connectivity index (χ2n) is 4.23. The number of carbonyl (C=O) groups excluding carboxylic acids is 1. The zero-order valence-corrected chi connectivity index (χ0v) is 10.0. The SMILES string of the molecule is COc1ccc2occ(C3NCCNC3=O)c2c1. The minimum absolute atomic E-state index is 0.0215. The van der Waals surface area contributed by atoms with Crippen LogP contribution >= 0.6 is 0 Å². The van der Waals surface area contributed by atoms with Gasteiger partial charge in [0.05, 0.1) is 13.4 Å². The van der Waals surface area contributed by atoms with E-state index in [0.29, 0.717) is 6.54 Å². The Morgan fingerprint density at radius 2 is 2.28 bits per heavy atom. The molecule has 1 fully saturated rings. The van der Waals surface area contributed by atoms with Crippen LogP contribution in [0.4, 0.5) is 0 Å². The van der Waals surface area contributed by atoms with Crippen LogP contribution in [-0.2, 0) is 4.79 Å². The quantitative estimate of drug-likeness (QED) is 0.835.